The van der Waals surface area contributed by atoms with Crippen molar-refractivity contribution < 1.29 is 10.2 Å². The van der Waals surface area contributed by atoms with Gasteiger partial charge in [-0.15, -0.1) is 0 Å². The van der Waals surface area contributed by atoms with E-state index < -0.39 is 0 Å². The molecule has 0 aliphatic carbocycles. The molecule has 0 amide bonds. The van der Waals surface area contributed by atoms with E-state index in [4.69, 9.17) is 0 Å². The molecule has 0 saturated heterocycles. The molecule has 1 aromatic rings. The van der Waals surface area contributed by atoms with Crippen LogP contribution in [-0.4, -0.2) is 45.5 Å². The van der Waals surface area contributed by atoms with E-state index in [1.54, 1.807) is 13.8 Å². The third kappa shape index (κ3) is 5.01. The van der Waals surface area contributed by atoms with Gasteiger partial charge in [-0.1, -0.05) is 0 Å². The van der Waals surface area contributed by atoms with Gasteiger partial charge in [0.15, 0.2) is 0 Å². The van der Waals surface area contributed by atoms with Crippen molar-refractivity contribution in [3.63, 3.8) is 0 Å². The van der Waals surface area contributed by atoms with Crippen LogP contribution in [0.5, 0.6) is 0 Å². The second kappa shape index (κ2) is 7.82. The second-order valence-electron chi connectivity index (χ2n) is 5.44. The monoisotopic (exact) mass is 312 g/mol. The first-order valence-electron chi connectivity index (χ1n) is 7.37. The predicted octanol–water partition coefficient (Wildman–Crippen LogP) is 1.59. The lowest BCUT2D eigenvalue weighted by Crippen LogP contribution is -2.15. The lowest BCUT2D eigenvalue weighted by Gasteiger charge is -2.13. The number of rotatable bonds is 8. The maximum atomic E-state index is 9.33. The number of aromatic nitrogens is 2. The van der Waals surface area contributed by atoms with Crippen molar-refractivity contribution >= 4 is 23.5 Å². The van der Waals surface area contributed by atoms with Crippen LogP contribution in [0.1, 0.15) is 37.9 Å². The summed E-state index contributed by atoms with van der Waals surface area (Å²) in [6.07, 6.45) is 0.716. The van der Waals surface area contributed by atoms with Gasteiger partial charge in [0.05, 0.1) is 17.9 Å². The molecule has 0 bridgehead atoms. The van der Waals surface area contributed by atoms with E-state index in [0.29, 0.717) is 31.9 Å². The first-order valence-corrected chi connectivity index (χ1v) is 8.53. The van der Waals surface area contributed by atoms with Crippen LogP contribution >= 0.6 is 11.8 Å². The predicted molar refractivity (Wildman–Crippen MR) is 86.6 cm³/mol. The summed E-state index contributed by atoms with van der Waals surface area (Å²) < 4.78 is 0. The Balaban J connectivity index is 2.02. The van der Waals surface area contributed by atoms with Gasteiger partial charge in [-0.05, 0) is 26.7 Å². The number of hydrogen-bond donors (Lipinski definition) is 4. The smallest absolute Gasteiger partial charge is 0.224 e. The zero-order valence-corrected chi connectivity index (χ0v) is 13.4. The number of hydrogen-bond acceptors (Lipinski definition) is 7. The number of fused-ring (bicyclic) bond motifs is 1. The molecule has 2 atom stereocenters. The molecule has 2 rings (SSSR count). The Hall–Kier alpha value is -1.05. The highest BCUT2D eigenvalue weighted by atomic mass is 32.2. The Labute approximate surface area is 129 Å². The van der Waals surface area contributed by atoms with E-state index >= 15 is 0 Å². The van der Waals surface area contributed by atoms with E-state index in [1.807, 2.05) is 11.8 Å². The Morgan fingerprint density at radius 3 is 2.38 bits per heavy atom. The standard InChI is InChI=1S/C14H24N4O2S/c1-9(19)3-5-15-13-11-7-21-8-12(11)17-14(18-13)16-6-4-10(2)20/h9-10,19-20H,3-8H2,1-2H3,(H2,15,16,17,18). The minimum atomic E-state index is -0.328. The fourth-order valence-electron chi connectivity index (χ4n) is 2.07. The molecule has 7 heteroatoms. The molecule has 0 saturated carbocycles. The minimum absolute atomic E-state index is 0.314. The summed E-state index contributed by atoms with van der Waals surface area (Å²) in [6.45, 7) is 4.89. The van der Waals surface area contributed by atoms with E-state index in [9.17, 15) is 10.2 Å². The number of aliphatic hydroxyl groups is 2. The van der Waals surface area contributed by atoms with Crippen LogP contribution in [0.2, 0.25) is 0 Å². The summed E-state index contributed by atoms with van der Waals surface area (Å²) in [5, 5.41) is 25.1. The Morgan fingerprint density at radius 1 is 1.05 bits per heavy atom. The van der Waals surface area contributed by atoms with Gasteiger partial charge in [0.1, 0.15) is 5.82 Å². The van der Waals surface area contributed by atoms with E-state index in [2.05, 4.69) is 20.6 Å². The normalized spacial score (nSPS) is 16.4. The van der Waals surface area contributed by atoms with Crippen molar-refractivity contribution in [2.75, 3.05) is 23.7 Å². The molecule has 1 aliphatic heterocycles. The van der Waals surface area contributed by atoms with Gasteiger partial charge in [0, 0.05) is 30.2 Å². The van der Waals surface area contributed by atoms with Crippen molar-refractivity contribution in [3.8, 4) is 0 Å². The molecule has 1 aliphatic rings. The summed E-state index contributed by atoms with van der Waals surface area (Å²) in [4.78, 5) is 9.07. The maximum Gasteiger partial charge on any atom is 0.224 e. The Kier molecular flexibility index (Phi) is 6.08. The molecule has 1 aromatic heterocycles. The van der Waals surface area contributed by atoms with Crippen molar-refractivity contribution in [2.24, 2.45) is 0 Å². The van der Waals surface area contributed by atoms with Crippen LogP contribution in [0.4, 0.5) is 11.8 Å². The third-order valence-corrected chi connectivity index (χ3v) is 4.25. The first kappa shape index (κ1) is 16.3. The Morgan fingerprint density at radius 2 is 1.71 bits per heavy atom. The summed E-state index contributed by atoms with van der Waals surface area (Å²) >= 11 is 1.83. The fraction of sp³-hybridized carbons (Fsp3) is 0.714. The van der Waals surface area contributed by atoms with Crippen LogP contribution in [-0.2, 0) is 11.5 Å². The zero-order chi connectivity index (χ0) is 15.2. The molecule has 6 nitrogen and oxygen atoms in total. The second-order valence-corrected chi connectivity index (χ2v) is 6.43. The molecular weight excluding hydrogens is 288 g/mol. The highest BCUT2D eigenvalue weighted by Crippen LogP contribution is 2.33. The minimum Gasteiger partial charge on any atom is -0.393 e. The zero-order valence-electron chi connectivity index (χ0n) is 12.6. The van der Waals surface area contributed by atoms with Crippen LogP contribution in [0.3, 0.4) is 0 Å². The number of thioether (sulfide) groups is 1. The van der Waals surface area contributed by atoms with Crippen molar-refractivity contribution in [3.05, 3.63) is 11.3 Å². The summed E-state index contributed by atoms with van der Waals surface area (Å²) in [5.74, 6) is 3.32. The largest absolute Gasteiger partial charge is 0.393 e. The summed E-state index contributed by atoms with van der Waals surface area (Å²) in [7, 11) is 0. The van der Waals surface area contributed by atoms with Crippen molar-refractivity contribution in [1.82, 2.24) is 9.97 Å². The van der Waals surface area contributed by atoms with Gasteiger partial charge in [-0.25, -0.2) is 4.98 Å². The molecule has 0 fully saturated rings. The van der Waals surface area contributed by atoms with E-state index in [1.165, 1.54) is 5.56 Å². The van der Waals surface area contributed by atoms with Gasteiger partial charge < -0.3 is 20.8 Å². The van der Waals surface area contributed by atoms with Crippen LogP contribution < -0.4 is 10.6 Å². The number of nitrogens with zero attached hydrogens (tertiary/aromatic N) is 2. The Bertz CT molecular complexity index is 469. The molecule has 0 aromatic carbocycles. The maximum absolute atomic E-state index is 9.33. The van der Waals surface area contributed by atoms with Crippen LogP contribution in [0.25, 0.3) is 0 Å². The quantitative estimate of drug-likeness (QED) is 0.579. The van der Waals surface area contributed by atoms with Gasteiger partial charge >= 0.3 is 0 Å². The highest BCUT2D eigenvalue weighted by molar-refractivity contribution is 7.98. The number of nitrogens with one attached hydrogen (secondary N) is 2. The van der Waals surface area contributed by atoms with Gasteiger partial charge in [-0.3, -0.25) is 0 Å². The molecule has 2 heterocycles. The molecule has 0 spiro atoms. The molecule has 21 heavy (non-hydrogen) atoms. The lowest BCUT2D eigenvalue weighted by atomic mass is 10.2. The number of anilines is 2. The lowest BCUT2D eigenvalue weighted by molar-refractivity contribution is 0.188. The molecular formula is C14H24N4O2S. The van der Waals surface area contributed by atoms with E-state index in [0.717, 1.165) is 23.0 Å². The highest BCUT2D eigenvalue weighted by Gasteiger charge is 2.19. The van der Waals surface area contributed by atoms with Crippen LogP contribution in [0, 0.1) is 0 Å². The first-order chi connectivity index (χ1) is 10.1. The number of aliphatic hydroxyl groups excluding tert-OH is 2. The van der Waals surface area contributed by atoms with Crippen molar-refractivity contribution in [2.45, 2.75) is 50.4 Å². The van der Waals surface area contributed by atoms with Crippen molar-refractivity contribution in [1.29, 1.82) is 0 Å². The average molecular weight is 312 g/mol. The summed E-state index contributed by atoms with van der Waals surface area (Å²) in [6, 6.07) is 0. The van der Waals surface area contributed by atoms with Gasteiger partial charge in [-0.2, -0.15) is 16.7 Å². The molecule has 4 N–H and O–H groups in total. The topological polar surface area (TPSA) is 90.3 Å². The van der Waals surface area contributed by atoms with Gasteiger partial charge in [0.25, 0.3) is 0 Å². The van der Waals surface area contributed by atoms with E-state index in [-0.39, 0.29) is 12.2 Å². The van der Waals surface area contributed by atoms with Crippen LogP contribution in [0.15, 0.2) is 0 Å². The fourth-order valence-corrected chi connectivity index (χ4v) is 3.11. The molecule has 2 unspecified atom stereocenters. The molecule has 0 radical (unpaired) electrons. The third-order valence-electron chi connectivity index (χ3n) is 3.28. The average Bonchev–Trinajstić information content (AvgIpc) is 2.86. The SMILES string of the molecule is CC(O)CCNc1nc2c(c(NCCC(C)O)n1)CSC2. The van der Waals surface area contributed by atoms with Gasteiger partial charge in [0.2, 0.25) is 5.95 Å². The summed E-state index contributed by atoms with van der Waals surface area (Å²) in [5.41, 5.74) is 2.25. The molecule has 118 valence electrons.